The molecule has 0 saturated heterocycles. The van der Waals surface area contributed by atoms with Crippen LogP contribution in [-0.4, -0.2) is 19.1 Å². The molecule has 0 aliphatic rings. The van der Waals surface area contributed by atoms with Crippen LogP contribution in [0.5, 0.6) is 0 Å². The third-order valence-corrected chi connectivity index (χ3v) is 2.58. The molecule has 4 heteroatoms. The molecule has 0 bridgehead atoms. The van der Waals surface area contributed by atoms with Crippen molar-refractivity contribution in [3.05, 3.63) is 23.7 Å². The maximum absolute atomic E-state index is 11.7. The number of furan rings is 1. The van der Waals surface area contributed by atoms with Gasteiger partial charge >= 0.3 is 5.97 Å². The smallest absolute Gasteiger partial charge is 0.323 e. The van der Waals surface area contributed by atoms with E-state index in [1.165, 1.54) is 7.11 Å². The predicted molar refractivity (Wildman–Crippen MR) is 65.5 cm³/mol. The molecule has 17 heavy (non-hydrogen) atoms. The van der Waals surface area contributed by atoms with E-state index in [9.17, 15) is 4.79 Å². The van der Waals surface area contributed by atoms with Crippen LogP contribution in [0.2, 0.25) is 0 Å². The molecule has 0 unspecified atom stereocenters. The summed E-state index contributed by atoms with van der Waals surface area (Å²) in [5.41, 5.74) is -0.200. The first kappa shape index (κ1) is 13.8. The van der Waals surface area contributed by atoms with Crippen molar-refractivity contribution < 1.29 is 13.9 Å². The Hall–Kier alpha value is -1.29. The van der Waals surface area contributed by atoms with Gasteiger partial charge in [0.25, 0.3) is 0 Å². The number of hydrogen-bond donors (Lipinski definition) is 1. The lowest BCUT2D eigenvalue weighted by Crippen LogP contribution is -2.46. The number of methoxy groups -OCH3 is 1. The van der Waals surface area contributed by atoms with Crippen LogP contribution in [0.4, 0.5) is 0 Å². The van der Waals surface area contributed by atoms with E-state index < -0.39 is 0 Å². The van der Waals surface area contributed by atoms with Crippen molar-refractivity contribution in [2.45, 2.75) is 40.3 Å². The molecule has 0 aromatic carbocycles. The normalized spacial score (nSPS) is 13.5. The molecule has 1 aromatic heterocycles. The Morgan fingerprint density at radius 1 is 1.47 bits per heavy atom. The summed E-state index contributed by atoms with van der Waals surface area (Å²) < 4.78 is 10.2. The van der Waals surface area contributed by atoms with Gasteiger partial charge in [-0.15, -0.1) is 0 Å². The van der Waals surface area contributed by atoms with Crippen molar-refractivity contribution in [1.82, 2.24) is 5.32 Å². The topological polar surface area (TPSA) is 51.5 Å². The first-order valence-electron chi connectivity index (χ1n) is 5.71. The van der Waals surface area contributed by atoms with E-state index in [1.807, 2.05) is 39.8 Å². The Balaban J connectivity index is 2.65. The first-order chi connectivity index (χ1) is 7.84. The molecule has 4 nitrogen and oxygen atoms in total. The molecule has 0 amide bonds. The van der Waals surface area contributed by atoms with Crippen LogP contribution in [0.15, 0.2) is 16.5 Å². The largest absolute Gasteiger partial charge is 0.468 e. The van der Waals surface area contributed by atoms with Gasteiger partial charge in [0.15, 0.2) is 0 Å². The zero-order valence-corrected chi connectivity index (χ0v) is 11.2. The second-order valence-corrected chi connectivity index (χ2v) is 5.22. The van der Waals surface area contributed by atoms with E-state index in [0.717, 1.165) is 11.5 Å². The van der Waals surface area contributed by atoms with Crippen molar-refractivity contribution in [3.63, 3.8) is 0 Å². The van der Waals surface area contributed by atoms with Gasteiger partial charge in [0.2, 0.25) is 0 Å². The van der Waals surface area contributed by atoms with E-state index in [1.54, 1.807) is 0 Å². The number of carbonyl (C=O) groups excluding carboxylic acids is 1. The Morgan fingerprint density at radius 2 is 2.12 bits per heavy atom. The molecular weight excluding hydrogens is 218 g/mol. The zero-order chi connectivity index (χ0) is 13.1. The van der Waals surface area contributed by atoms with Crippen LogP contribution < -0.4 is 5.32 Å². The van der Waals surface area contributed by atoms with Gasteiger partial charge in [0.05, 0.1) is 13.7 Å². The van der Waals surface area contributed by atoms with Gasteiger partial charge in [-0.1, -0.05) is 20.8 Å². The molecule has 0 fully saturated rings. The predicted octanol–water partition coefficient (Wildman–Crippen LogP) is 2.27. The first-order valence-corrected chi connectivity index (χ1v) is 5.71. The monoisotopic (exact) mass is 239 g/mol. The molecule has 1 aromatic rings. The summed E-state index contributed by atoms with van der Waals surface area (Å²) in [6.07, 6.45) is 0. The van der Waals surface area contributed by atoms with Crippen molar-refractivity contribution in [1.29, 1.82) is 0 Å². The fourth-order valence-corrected chi connectivity index (χ4v) is 1.64. The molecule has 1 atom stereocenters. The fourth-order valence-electron chi connectivity index (χ4n) is 1.64. The second kappa shape index (κ2) is 5.36. The molecule has 0 aliphatic carbocycles. The van der Waals surface area contributed by atoms with Crippen molar-refractivity contribution in [3.8, 4) is 0 Å². The number of aryl methyl sites for hydroxylation is 1. The quantitative estimate of drug-likeness (QED) is 0.819. The van der Waals surface area contributed by atoms with E-state index in [-0.39, 0.29) is 17.4 Å². The van der Waals surface area contributed by atoms with Crippen LogP contribution in [0, 0.1) is 12.3 Å². The average Bonchev–Trinajstić information content (AvgIpc) is 2.62. The summed E-state index contributed by atoms with van der Waals surface area (Å²) in [5.74, 6) is 1.44. The Kier molecular flexibility index (Phi) is 4.34. The summed E-state index contributed by atoms with van der Waals surface area (Å²) in [6.45, 7) is 8.40. The lowest BCUT2D eigenvalue weighted by Gasteiger charge is -2.28. The molecule has 0 spiro atoms. The Labute approximate surface area is 102 Å². The van der Waals surface area contributed by atoms with Crippen LogP contribution >= 0.6 is 0 Å². The van der Waals surface area contributed by atoms with E-state index >= 15 is 0 Å². The Morgan fingerprint density at radius 3 is 2.53 bits per heavy atom. The highest BCUT2D eigenvalue weighted by Gasteiger charge is 2.31. The van der Waals surface area contributed by atoms with Crippen molar-refractivity contribution in [2.75, 3.05) is 7.11 Å². The zero-order valence-electron chi connectivity index (χ0n) is 11.2. The summed E-state index contributed by atoms with van der Waals surface area (Å²) in [4.78, 5) is 11.7. The standard InChI is InChI=1S/C13H21NO3/c1-9-6-7-10(17-9)8-14-11(12(15)16-5)13(2,3)4/h6-7,11,14H,8H2,1-5H3/t11-/m1/s1. The van der Waals surface area contributed by atoms with Crippen molar-refractivity contribution >= 4 is 5.97 Å². The number of ether oxygens (including phenoxy) is 1. The number of hydrogen-bond acceptors (Lipinski definition) is 4. The highest BCUT2D eigenvalue weighted by Crippen LogP contribution is 2.21. The average molecular weight is 239 g/mol. The van der Waals surface area contributed by atoms with Gasteiger partial charge in [0, 0.05) is 0 Å². The number of esters is 1. The fraction of sp³-hybridized carbons (Fsp3) is 0.615. The molecule has 96 valence electrons. The van der Waals surface area contributed by atoms with Crippen LogP contribution in [0.3, 0.4) is 0 Å². The maximum Gasteiger partial charge on any atom is 0.323 e. The van der Waals surface area contributed by atoms with Gasteiger partial charge in [-0.2, -0.15) is 0 Å². The van der Waals surface area contributed by atoms with Crippen LogP contribution in [-0.2, 0) is 16.1 Å². The lowest BCUT2D eigenvalue weighted by molar-refractivity contribution is -0.146. The number of rotatable bonds is 4. The van der Waals surface area contributed by atoms with Gasteiger partial charge in [0.1, 0.15) is 17.6 Å². The van der Waals surface area contributed by atoms with Crippen molar-refractivity contribution in [2.24, 2.45) is 5.41 Å². The minimum atomic E-state index is -0.349. The van der Waals surface area contributed by atoms with Crippen LogP contribution in [0.1, 0.15) is 32.3 Å². The molecule has 1 N–H and O–H groups in total. The van der Waals surface area contributed by atoms with Gasteiger partial charge in [-0.3, -0.25) is 10.1 Å². The van der Waals surface area contributed by atoms with E-state index in [2.05, 4.69) is 5.32 Å². The van der Waals surface area contributed by atoms with Crippen LogP contribution in [0.25, 0.3) is 0 Å². The lowest BCUT2D eigenvalue weighted by atomic mass is 9.86. The molecule has 1 rings (SSSR count). The highest BCUT2D eigenvalue weighted by molar-refractivity contribution is 5.76. The molecular formula is C13H21NO3. The van der Waals surface area contributed by atoms with E-state index in [4.69, 9.17) is 9.15 Å². The molecule has 0 radical (unpaired) electrons. The summed E-state index contributed by atoms with van der Waals surface area (Å²) in [5, 5.41) is 3.17. The second-order valence-electron chi connectivity index (χ2n) is 5.22. The third kappa shape index (κ3) is 3.89. The molecule has 0 saturated carbocycles. The minimum absolute atomic E-state index is 0.200. The summed E-state index contributed by atoms with van der Waals surface area (Å²) in [6, 6.07) is 3.46. The highest BCUT2D eigenvalue weighted by atomic mass is 16.5. The maximum atomic E-state index is 11.7. The SMILES string of the molecule is COC(=O)[C@@H](NCc1ccc(C)o1)C(C)(C)C. The molecule has 0 aliphatic heterocycles. The summed E-state index contributed by atoms with van der Waals surface area (Å²) >= 11 is 0. The van der Waals surface area contributed by atoms with E-state index in [0.29, 0.717) is 6.54 Å². The van der Waals surface area contributed by atoms with Gasteiger partial charge < -0.3 is 9.15 Å². The Bertz CT molecular complexity index is 376. The van der Waals surface area contributed by atoms with Gasteiger partial charge in [-0.25, -0.2) is 0 Å². The minimum Gasteiger partial charge on any atom is -0.468 e. The molecule has 1 heterocycles. The summed E-state index contributed by atoms with van der Waals surface area (Å²) in [7, 11) is 1.40. The van der Waals surface area contributed by atoms with Gasteiger partial charge in [-0.05, 0) is 24.5 Å². The number of carbonyl (C=O) groups is 1. The third-order valence-electron chi connectivity index (χ3n) is 2.58. The number of nitrogens with one attached hydrogen (secondary N) is 1.